The van der Waals surface area contributed by atoms with E-state index in [1.165, 1.54) is 5.56 Å². The van der Waals surface area contributed by atoms with Crippen LogP contribution in [-0.4, -0.2) is 41.0 Å². The molecule has 0 saturated heterocycles. The molecule has 0 saturated carbocycles. The number of amidine groups is 2. The van der Waals surface area contributed by atoms with E-state index in [1.807, 2.05) is 31.2 Å². The lowest BCUT2D eigenvalue weighted by molar-refractivity contribution is -0.114. The van der Waals surface area contributed by atoms with Crippen LogP contribution in [0.4, 0.5) is 0 Å². The van der Waals surface area contributed by atoms with Crippen LogP contribution >= 0.6 is 11.8 Å². The zero-order valence-electron chi connectivity index (χ0n) is 13.0. The van der Waals surface area contributed by atoms with Gasteiger partial charge < -0.3 is 0 Å². The van der Waals surface area contributed by atoms with Gasteiger partial charge in [0.05, 0.1) is 5.57 Å². The number of rotatable bonds is 2. The topological polar surface area (TPSA) is 103 Å². The van der Waals surface area contributed by atoms with Gasteiger partial charge >= 0.3 is 0 Å². The Kier molecular flexibility index (Phi) is 4.14. The predicted octanol–water partition coefficient (Wildman–Crippen LogP) is 1.87. The molecule has 0 fully saturated rings. The number of thioether (sulfide) groups is 1. The molecule has 1 aromatic rings. The molecule has 9 heteroatoms. The summed E-state index contributed by atoms with van der Waals surface area (Å²) in [5.41, 5.74) is 2.00. The number of hydrogen-bond donors (Lipinski definition) is 1. The second kappa shape index (κ2) is 5.99. The number of amides is 1. The number of carbonyl (C=O) groups is 1. The van der Waals surface area contributed by atoms with Gasteiger partial charge in [-0.3, -0.25) is 10.2 Å². The fraction of sp³-hybridized carbons (Fsp3) is 0.200. The molecule has 124 valence electrons. The van der Waals surface area contributed by atoms with E-state index in [2.05, 4.69) is 10.1 Å². The summed E-state index contributed by atoms with van der Waals surface area (Å²) in [6.07, 6.45) is 3.49. The summed E-state index contributed by atoms with van der Waals surface area (Å²) in [4.78, 5) is 16.0. The lowest BCUT2D eigenvalue weighted by Gasteiger charge is -2.20. The van der Waals surface area contributed by atoms with Gasteiger partial charge in [-0.15, -0.1) is 5.10 Å². The van der Waals surface area contributed by atoms with Crippen molar-refractivity contribution in [2.75, 3.05) is 6.26 Å². The standard InChI is InChI=1S/C15H14N4O3S2/c1-3-9-4-6-10(7-5-9)8-11-12(16)19-14(17-13(11)20)23-15(18-19)24(2,21)22/h4-8,16H,3H2,1-2H3/b11-8+,16-12?. The minimum Gasteiger partial charge on any atom is -0.282 e. The molecule has 1 aromatic carbocycles. The zero-order chi connectivity index (χ0) is 17.5. The SMILES string of the molecule is CCc1ccc(/C=C2\C(=N)N3N=C(S(C)(=O)=O)SC3=NC2=O)cc1. The Hall–Kier alpha value is -2.26. The van der Waals surface area contributed by atoms with Crippen molar-refractivity contribution in [2.24, 2.45) is 10.1 Å². The molecule has 0 aliphatic carbocycles. The highest BCUT2D eigenvalue weighted by molar-refractivity contribution is 8.42. The van der Waals surface area contributed by atoms with E-state index in [9.17, 15) is 13.2 Å². The van der Waals surface area contributed by atoms with Crippen molar-refractivity contribution >= 4 is 49.0 Å². The number of aryl methyl sites for hydroxylation is 1. The van der Waals surface area contributed by atoms with Gasteiger partial charge in [-0.2, -0.15) is 10.0 Å². The first-order valence-corrected chi connectivity index (χ1v) is 9.79. The van der Waals surface area contributed by atoms with Crippen LogP contribution in [0.3, 0.4) is 0 Å². The van der Waals surface area contributed by atoms with Crippen LogP contribution in [-0.2, 0) is 21.1 Å². The predicted molar refractivity (Wildman–Crippen MR) is 95.7 cm³/mol. The molecule has 0 spiro atoms. The van der Waals surface area contributed by atoms with Gasteiger partial charge in [0.1, 0.15) is 0 Å². The van der Waals surface area contributed by atoms with Crippen molar-refractivity contribution < 1.29 is 13.2 Å². The molecule has 24 heavy (non-hydrogen) atoms. The molecule has 1 amide bonds. The average molecular weight is 362 g/mol. The number of aliphatic imine (C=N–C) groups is 1. The maximum Gasteiger partial charge on any atom is 0.283 e. The molecule has 2 aliphatic rings. The van der Waals surface area contributed by atoms with Gasteiger partial charge in [0.2, 0.25) is 19.4 Å². The maximum absolute atomic E-state index is 12.2. The van der Waals surface area contributed by atoms with E-state index in [1.54, 1.807) is 6.08 Å². The van der Waals surface area contributed by atoms with Gasteiger partial charge in [-0.25, -0.2) is 8.42 Å². The Bertz CT molecular complexity index is 928. The molecule has 0 radical (unpaired) electrons. The van der Waals surface area contributed by atoms with E-state index < -0.39 is 15.7 Å². The highest BCUT2D eigenvalue weighted by Gasteiger charge is 2.38. The Balaban J connectivity index is 1.97. The van der Waals surface area contributed by atoms with Gasteiger partial charge in [0.15, 0.2) is 5.84 Å². The molecule has 2 heterocycles. The number of carbonyl (C=O) groups excluding carboxylic acids is 1. The summed E-state index contributed by atoms with van der Waals surface area (Å²) in [6.45, 7) is 2.05. The molecular weight excluding hydrogens is 348 g/mol. The molecule has 3 rings (SSSR count). The quantitative estimate of drug-likeness (QED) is 0.809. The van der Waals surface area contributed by atoms with Crippen molar-refractivity contribution in [3.63, 3.8) is 0 Å². The molecule has 2 aliphatic heterocycles. The Labute approximate surface area is 143 Å². The minimum atomic E-state index is -3.52. The van der Waals surface area contributed by atoms with Crippen LogP contribution in [0, 0.1) is 5.41 Å². The third-order valence-corrected chi connectivity index (χ3v) is 6.03. The zero-order valence-corrected chi connectivity index (χ0v) is 14.6. The molecule has 0 bridgehead atoms. The van der Waals surface area contributed by atoms with Crippen molar-refractivity contribution in [1.29, 1.82) is 5.41 Å². The lowest BCUT2D eigenvalue weighted by Crippen LogP contribution is -2.35. The summed E-state index contributed by atoms with van der Waals surface area (Å²) in [5.74, 6) is -0.765. The van der Waals surface area contributed by atoms with Crippen LogP contribution in [0.2, 0.25) is 0 Å². The van der Waals surface area contributed by atoms with Crippen LogP contribution in [0.25, 0.3) is 6.08 Å². The summed E-state index contributed by atoms with van der Waals surface area (Å²) in [6, 6.07) is 7.61. The van der Waals surface area contributed by atoms with Crippen LogP contribution in [0.1, 0.15) is 18.1 Å². The largest absolute Gasteiger partial charge is 0.283 e. The molecule has 1 N–H and O–H groups in total. The van der Waals surface area contributed by atoms with Crippen molar-refractivity contribution in [1.82, 2.24) is 5.01 Å². The Morgan fingerprint density at radius 2 is 1.96 bits per heavy atom. The van der Waals surface area contributed by atoms with E-state index in [-0.39, 0.29) is 21.0 Å². The number of fused-ring (bicyclic) bond motifs is 1. The fourth-order valence-electron chi connectivity index (χ4n) is 2.14. The maximum atomic E-state index is 12.2. The van der Waals surface area contributed by atoms with Crippen LogP contribution in [0.5, 0.6) is 0 Å². The third kappa shape index (κ3) is 3.04. The first kappa shape index (κ1) is 16.6. The van der Waals surface area contributed by atoms with E-state index in [0.717, 1.165) is 35.0 Å². The molecule has 0 atom stereocenters. The fourth-order valence-corrected chi connectivity index (χ4v) is 3.83. The third-order valence-electron chi connectivity index (χ3n) is 3.45. The monoisotopic (exact) mass is 362 g/mol. The number of nitrogens with zero attached hydrogens (tertiary/aromatic N) is 3. The summed E-state index contributed by atoms with van der Waals surface area (Å²) in [7, 11) is -3.52. The number of hydrazone groups is 1. The lowest BCUT2D eigenvalue weighted by atomic mass is 10.1. The summed E-state index contributed by atoms with van der Waals surface area (Å²) >= 11 is 0.771. The first-order valence-electron chi connectivity index (χ1n) is 7.09. The highest BCUT2D eigenvalue weighted by Crippen LogP contribution is 2.29. The van der Waals surface area contributed by atoms with E-state index in [0.29, 0.717) is 0 Å². The Morgan fingerprint density at radius 3 is 2.54 bits per heavy atom. The van der Waals surface area contributed by atoms with Gasteiger partial charge in [-0.05, 0) is 35.4 Å². The second-order valence-corrected chi connectivity index (χ2v) is 8.40. The number of nitrogens with one attached hydrogen (secondary N) is 1. The van der Waals surface area contributed by atoms with Gasteiger partial charge in [0.25, 0.3) is 5.91 Å². The molecule has 0 unspecified atom stereocenters. The van der Waals surface area contributed by atoms with Crippen LogP contribution in [0.15, 0.2) is 39.9 Å². The molecule has 0 aromatic heterocycles. The summed E-state index contributed by atoms with van der Waals surface area (Å²) < 4.78 is 23.0. The van der Waals surface area contributed by atoms with Crippen LogP contribution < -0.4 is 0 Å². The smallest absolute Gasteiger partial charge is 0.282 e. The van der Waals surface area contributed by atoms with E-state index >= 15 is 0 Å². The molecular formula is C15H14N4O3S2. The van der Waals surface area contributed by atoms with Gasteiger partial charge in [-0.1, -0.05) is 31.2 Å². The summed E-state index contributed by atoms with van der Waals surface area (Å²) in [5, 5.41) is 13.2. The minimum absolute atomic E-state index is 0.0714. The highest BCUT2D eigenvalue weighted by atomic mass is 32.3. The van der Waals surface area contributed by atoms with Crippen molar-refractivity contribution in [3.05, 3.63) is 41.0 Å². The van der Waals surface area contributed by atoms with E-state index in [4.69, 9.17) is 5.41 Å². The number of benzene rings is 1. The van der Waals surface area contributed by atoms with Crippen molar-refractivity contribution in [2.45, 2.75) is 13.3 Å². The van der Waals surface area contributed by atoms with Crippen molar-refractivity contribution in [3.8, 4) is 0 Å². The number of sulfone groups is 1. The van der Waals surface area contributed by atoms with Gasteiger partial charge in [0, 0.05) is 6.26 Å². The molecule has 7 nitrogen and oxygen atoms in total. The number of hydrogen-bond acceptors (Lipinski definition) is 6. The Morgan fingerprint density at radius 1 is 1.29 bits per heavy atom. The second-order valence-electron chi connectivity index (χ2n) is 5.25. The average Bonchev–Trinajstić information content (AvgIpc) is 2.96. The first-order chi connectivity index (χ1) is 11.3. The normalized spacial score (nSPS) is 19.4.